The number of carboxylic acids is 1. The molecule has 116 valence electrons. The number of allylic oxidation sites excluding steroid dienone is 1. The maximum absolute atomic E-state index is 12.2. The normalized spacial score (nSPS) is 31.1. The quantitative estimate of drug-likeness (QED) is 0.446. The van der Waals surface area contributed by atoms with Crippen LogP contribution in [0.2, 0.25) is 0 Å². The minimum absolute atomic E-state index is 0.0232. The van der Waals surface area contributed by atoms with Crippen LogP contribution in [-0.4, -0.2) is 58.0 Å². The molecule has 1 amide bonds. The van der Waals surface area contributed by atoms with E-state index in [-0.39, 0.29) is 23.1 Å². The van der Waals surface area contributed by atoms with Crippen LogP contribution in [0.15, 0.2) is 12.2 Å². The molecule has 0 saturated carbocycles. The molecule has 0 aromatic heterocycles. The lowest BCUT2D eigenvalue weighted by atomic mass is 9.85. The molecule has 2 aliphatic rings. The van der Waals surface area contributed by atoms with E-state index < -0.39 is 18.0 Å². The average Bonchev–Trinajstić information content (AvgIpc) is 2.79. The van der Waals surface area contributed by atoms with Crippen LogP contribution in [0.1, 0.15) is 19.8 Å². The standard InChI is InChI=1S/C14H19NO5S/c1-3-21-10-7-9-8(5-4-6-11(16)20-2)13(17)15(9)12(10)14(18)19/h4,6,8-10,12H,3,5,7H2,1-2H3,(H,18,19)/b6-4+/t8?,9?,10?,12-/m1/s1. The number of β-lactam (4-membered cyclic amide) rings is 1. The van der Waals surface area contributed by atoms with Crippen LogP contribution in [0, 0.1) is 5.92 Å². The van der Waals surface area contributed by atoms with Gasteiger partial charge < -0.3 is 14.7 Å². The summed E-state index contributed by atoms with van der Waals surface area (Å²) in [5, 5.41) is 9.29. The summed E-state index contributed by atoms with van der Waals surface area (Å²) in [5.74, 6) is -0.889. The molecule has 0 radical (unpaired) electrons. The van der Waals surface area contributed by atoms with Crippen molar-refractivity contribution in [1.82, 2.24) is 4.90 Å². The van der Waals surface area contributed by atoms with Crippen molar-refractivity contribution in [3.05, 3.63) is 12.2 Å². The van der Waals surface area contributed by atoms with Crippen LogP contribution >= 0.6 is 11.8 Å². The number of thioether (sulfide) groups is 1. The second kappa shape index (κ2) is 6.51. The molecule has 2 fully saturated rings. The van der Waals surface area contributed by atoms with Gasteiger partial charge in [0.2, 0.25) is 5.91 Å². The first-order valence-corrected chi connectivity index (χ1v) is 7.97. The second-order valence-corrected chi connectivity index (χ2v) is 6.61. The van der Waals surface area contributed by atoms with Gasteiger partial charge in [-0.25, -0.2) is 9.59 Å². The molecular formula is C14H19NO5S. The Morgan fingerprint density at radius 1 is 1.52 bits per heavy atom. The number of carbonyl (C=O) groups is 3. The van der Waals surface area contributed by atoms with Crippen LogP contribution in [0.4, 0.5) is 0 Å². The van der Waals surface area contributed by atoms with Gasteiger partial charge in [0, 0.05) is 17.4 Å². The molecule has 21 heavy (non-hydrogen) atoms. The number of rotatable bonds is 6. The van der Waals surface area contributed by atoms with E-state index in [1.54, 1.807) is 17.8 Å². The summed E-state index contributed by atoms with van der Waals surface area (Å²) in [7, 11) is 1.30. The average molecular weight is 313 g/mol. The fraction of sp³-hybridized carbons (Fsp3) is 0.643. The van der Waals surface area contributed by atoms with E-state index in [0.717, 1.165) is 5.75 Å². The van der Waals surface area contributed by atoms with Crippen molar-refractivity contribution >= 4 is 29.6 Å². The van der Waals surface area contributed by atoms with Gasteiger partial charge in [-0.05, 0) is 18.6 Å². The van der Waals surface area contributed by atoms with Crippen LogP contribution in [-0.2, 0) is 19.1 Å². The Morgan fingerprint density at radius 2 is 2.24 bits per heavy atom. The fourth-order valence-corrected chi connectivity index (χ4v) is 4.28. The first kappa shape index (κ1) is 15.9. The van der Waals surface area contributed by atoms with Gasteiger partial charge in [0.05, 0.1) is 13.0 Å². The lowest BCUT2D eigenvalue weighted by molar-refractivity contribution is -0.163. The molecule has 0 aliphatic carbocycles. The molecule has 2 rings (SSSR count). The number of fused-ring (bicyclic) bond motifs is 1. The number of esters is 1. The highest BCUT2D eigenvalue weighted by molar-refractivity contribution is 7.99. The second-order valence-electron chi connectivity index (χ2n) is 5.09. The largest absolute Gasteiger partial charge is 0.480 e. The predicted octanol–water partition coefficient (Wildman–Crippen LogP) is 0.911. The third-order valence-electron chi connectivity index (χ3n) is 4.00. The van der Waals surface area contributed by atoms with Gasteiger partial charge in [0.25, 0.3) is 0 Å². The zero-order valence-corrected chi connectivity index (χ0v) is 12.8. The lowest BCUT2D eigenvalue weighted by Crippen LogP contribution is -2.61. The van der Waals surface area contributed by atoms with Gasteiger partial charge in [0.15, 0.2) is 0 Å². The number of aliphatic carboxylic acids is 1. The van der Waals surface area contributed by atoms with Crippen molar-refractivity contribution in [2.45, 2.75) is 37.1 Å². The smallest absolute Gasteiger partial charge is 0.330 e. The summed E-state index contributed by atoms with van der Waals surface area (Å²) < 4.78 is 4.49. The Morgan fingerprint density at radius 3 is 2.81 bits per heavy atom. The molecule has 0 aromatic carbocycles. The monoisotopic (exact) mass is 313 g/mol. The molecular weight excluding hydrogens is 294 g/mol. The van der Waals surface area contributed by atoms with E-state index in [2.05, 4.69) is 4.74 Å². The van der Waals surface area contributed by atoms with Crippen LogP contribution < -0.4 is 0 Å². The number of nitrogens with zero attached hydrogens (tertiary/aromatic N) is 1. The lowest BCUT2D eigenvalue weighted by Gasteiger charge is -2.44. The van der Waals surface area contributed by atoms with Crippen molar-refractivity contribution in [1.29, 1.82) is 0 Å². The summed E-state index contributed by atoms with van der Waals surface area (Å²) >= 11 is 1.59. The third kappa shape index (κ3) is 2.92. The van der Waals surface area contributed by atoms with Crippen molar-refractivity contribution in [2.75, 3.05) is 12.9 Å². The molecule has 7 heteroatoms. The first-order chi connectivity index (χ1) is 10.0. The molecule has 6 nitrogen and oxygen atoms in total. The molecule has 0 bridgehead atoms. The molecule has 0 spiro atoms. The van der Waals surface area contributed by atoms with E-state index in [1.807, 2.05) is 6.92 Å². The maximum atomic E-state index is 12.2. The highest BCUT2D eigenvalue weighted by atomic mass is 32.2. The number of amides is 1. The molecule has 0 aromatic rings. The van der Waals surface area contributed by atoms with Gasteiger partial charge >= 0.3 is 11.9 Å². The van der Waals surface area contributed by atoms with Crippen LogP contribution in [0.25, 0.3) is 0 Å². The van der Waals surface area contributed by atoms with Gasteiger partial charge in [-0.3, -0.25) is 4.79 Å². The predicted molar refractivity (Wildman–Crippen MR) is 77.9 cm³/mol. The Labute approximate surface area is 127 Å². The molecule has 1 N–H and O–H groups in total. The van der Waals surface area contributed by atoms with E-state index in [4.69, 9.17) is 0 Å². The zero-order chi connectivity index (χ0) is 15.6. The maximum Gasteiger partial charge on any atom is 0.330 e. The van der Waals surface area contributed by atoms with Gasteiger partial charge in [-0.2, -0.15) is 11.8 Å². The Bertz CT molecular complexity index is 478. The van der Waals surface area contributed by atoms with Crippen LogP contribution in [0.3, 0.4) is 0 Å². The van der Waals surface area contributed by atoms with Gasteiger partial charge in [-0.1, -0.05) is 13.0 Å². The summed E-state index contributed by atoms with van der Waals surface area (Å²) in [4.78, 5) is 36.1. The Balaban J connectivity index is 2.02. The minimum atomic E-state index is -0.930. The van der Waals surface area contributed by atoms with Crippen molar-refractivity contribution in [3.63, 3.8) is 0 Å². The Hall–Kier alpha value is -1.50. The molecule has 2 saturated heterocycles. The minimum Gasteiger partial charge on any atom is -0.480 e. The first-order valence-electron chi connectivity index (χ1n) is 6.92. The number of carbonyl (C=O) groups excluding carboxylic acids is 2. The molecule has 3 unspecified atom stereocenters. The summed E-state index contributed by atoms with van der Waals surface area (Å²) in [6.45, 7) is 1.98. The molecule has 2 heterocycles. The molecule has 4 atom stereocenters. The third-order valence-corrected chi connectivity index (χ3v) is 5.21. The highest BCUT2D eigenvalue weighted by Crippen LogP contribution is 2.45. The summed E-state index contributed by atoms with van der Waals surface area (Å²) in [6.07, 6.45) is 4.09. The van der Waals surface area contributed by atoms with Gasteiger partial charge in [-0.15, -0.1) is 0 Å². The summed E-state index contributed by atoms with van der Waals surface area (Å²) in [6, 6.07) is -0.738. The van der Waals surface area contributed by atoms with Crippen LogP contribution in [0.5, 0.6) is 0 Å². The van der Waals surface area contributed by atoms with E-state index in [0.29, 0.717) is 12.8 Å². The zero-order valence-electron chi connectivity index (χ0n) is 12.0. The van der Waals surface area contributed by atoms with E-state index in [1.165, 1.54) is 18.1 Å². The number of methoxy groups -OCH3 is 1. The van der Waals surface area contributed by atoms with E-state index >= 15 is 0 Å². The number of hydrogen-bond acceptors (Lipinski definition) is 5. The highest BCUT2D eigenvalue weighted by Gasteiger charge is 2.59. The molecule has 2 aliphatic heterocycles. The number of ether oxygens (including phenoxy) is 1. The van der Waals surface area contributed by atoms with Crippen molar-refractivity contribution < 1.29 is 24.2 Å². The SMILES string of the molecule is CCSC1CC2C(C/C=C/C(=O)OC)C(=O)N2[C@H]1C(=O)O. The topological polar surface area (TPSA) is 83.9 Å². The Kier molecular flexibility index (Phi) is 4.92. The summed E-state index contributed by atoms with van der Waals surface area (Å²) in [5.41, 5.74) is 0. The number of carboxylic acid groups (broad SMARTS) is 1. The van der Waals surface area contributed by atoms with E-state index in [9.17, 15) is 19.5 Å². The van der Waals surface area contributed by atoms with Gasteiger partial charge in [0.1, 0.15) is 6.04 Å². The fourth-order valence-electron chi connectivity index (χ4n) is 3.09. The van der Waals surface area contributed by atoms with Crippen molar-refractivity contribution in [2.24, 2.45) is 5.92 Å². The number of hydrogen-bond donors (Lipinski definition) is 1. The van der Waals surface area contributed by atoms with Crippen molar-refractivity contribution in [3.8, 4) is 0 Å².